The molecule has 16 heavy (non-hydrogen) atoms. The van der Waals surface area contributed by atoms with Crippen LogP contribution < -0.4 is 4.72 Å². The predicted molar refractivity (Wildman–Crippen MR) is 65.8 cm³/mol. The van der Waals surface area contributed by atoms with Crippen molar-refractivity contribution in [3.8, 4) is 0 Å². The number of nitrogens with one attached hydrogen (secondary N) is 1. The highest BCUT2D eigenvalue weighted by Gasteiger charge is 2.14. The van der Waals surface area contributed by atoms with Gasteiger partial charge in [0.25, 0.3) is 0 Å². The van der Waals surface area contributed by atoms with Crippen LogP contribution in [-0.4, -0.2) is 15.0 Å². The van der Waals surface area contributed by atoms with Crippen LogP contribution in [0.5, 0.6) is 0 Å². The van der Waals surface area contributed by atoms with E-state index in [4.69, 9.17) is 0 Å². The van der Waals surface area contributed by atoms with Crippen molar-refractivity contribution in [2.24, 2.45) is 0 Å². The summed E-state index contributed by atoms with van der Waals surface area (Å²) in [7, 11) is -3.36. The Balaban J connectivity index is 2.75. The number of sulfonamides is 1. The SMILES string of the molecule is C/C=C/CCNS(=O)(=O)c1ccccc1C. The summed E-state index contributed by atoms with van der Waals surface area (Å²) in [5.41, 5.74) is 0.765. The van der Waals surface area contributed by atoms with E-state index in [9.17, 15) is 8.42 Å². The van der Waals surface area contributed by atoms with Crippen LogP contribution >= 0.6 is 0 Å². The van der Waals surface area contributed by atoms with E-state index in [-0.39, 0.29) is 0 Å². The first-order valence-corrected chi connectivity index (χ1v) is 6.72. The van der Waals surface area contributed by atoms with E-state index in [1.165, 1.54) is 0 Å². The molecule has 0 aliphatic heterocycles. The van der Waals surface area contributed by atoms with Crippen LogP contribution in [0.4, 0.5) is 0 Å². The Kier molecular flexibility index (Phi) is 4.71. The Morgan fingerprint density at radius 3 is 2.62 bits per heavy atom. The van der Waals surface area contributed by atoms with Gasteiger partial charge in [0.2, 0.25) is 10.0 Å². The predicted octanol–water partition coefficient (Wildman–Crippen LogP) is 2.24. The second kappa shape index (κ2) is 5.82. The topological polar surface area (TPSA) is 46.2 Å². The minimum absolute atomic E-state index is 0.357. The number of allylic oxidation sites excluding steroid dienone is 1. The molecule has 0 saturated heterocycles. The zero-order valence-electron chi connectivity index (χ0n) is 9.60. The molecule has 0 aliphatic carbocycles. The molecule has 0 amide bonds. The minimum Gasteiger partial charge on any atom is -0.211 e. The minimum atomic E-state index is -3.36. The lowest BCUT2D eigenvalue weighted by atomic mass is 10.2. The summed E-state index contributed by atoms with van der Waals surface area (Å²) in [6, 6.07) is 6.97. The van der Waals surface area contributed by atoms with Crippen LogP contribution in [0.2, 0.25) is 0 Å². The second-order valence-electron chi connectivity index (χ2n) is 3.52. The van der Waals surface area contributed by atoms with Gasteiger partial charge >= 0.3 is 0 Å². The summed E-state index contributed by atoms with van der Waals surface area (Å²) in [6.07, 6.45) is 4.55. The van der Waals surface area contributed by atoms with Crippen LogP contribution in [0.3, 0.4) is 0 Å². The van der Waals surface area contributed by atoms with Crippen LogP contribution in [0.1, 0.15) is 18.9 Å². The van der Waals surface area contributed by atoms with Crippen molar-refractivity contribution >= 4 is 10.0 Å². The zero-order valence-corrected chi connectivity index (χ0v) is 10.4. The fourth-order valence-electron chi connectivity index (χ4n) is 1.38. The summed E-state index contributed by atoms with van der Waals surface area (Å²) in [5, 5.41) is 0. The van der Waals surface area contributed by atoms with E-state index >= 15 is 0 Å². The van der Waals surface area contributed by atoms with Crippen molar-refractivity contribution < 1.29 is 8.42 Å². The third-order valence-corrected chi connectivity index (χ3v) is 3.84. The van der Waals surface area contributed by atoms with Crippen molar-refractivity contribution in [2.45, 2.75) is 25.2 Å². The smallest absolute Gasteiger partial charge is 0.211 e. The summed E-state index contributed by atoms with van der Waals surface area (Å²) < 4.78 is 26.3. The molecule has 0 saturated carbocycles. The maximum atomic E-state index is 11.9. The van der Waals surface area contributed by atoms with Gasteiger partial charge < -0.3 is 0 Å². The van der Waals surface area contributed by atoms with Crippen molar-refractivity contribution in [3.63, 3.8) is 0 Å². The fourth-order valence-corrected chi connectivity index (χ4v) is 2.67. The number of hydrogen-bond acceptors (Lipinski definition) is 2. The van der Waals surface area contributed by atoms with Crippen molar-refractivity contribution in [3.05, 3.63) is 42.0 Å². The third kappa shape index (κ3) is 3.47. The lowest BCUT2D eigenvalue weighted by molar-refractivity contribution is 0.581. The van der Waals surface area contributed by atoms with Gasteiger partial charge in [-0.15, -0.1) is 0 Å². The maximum absolute atomic E-state index is 11.9. The number of hydrogen-bond donors (Lipinski definition) is 1. The fraction of sp³-hybridized carbons (Fsp3) is 0.333. The zero-order chi connectivity index (χ0) is 12.0. The molecule has 3 nitrogen and oxygen atoms in total. The Bertz CT molecular complexity index is 464. The molecule has 0 atom stereocenters. The van der Waals surface area contributed by atoms with Gasteiger partial charge in [-0.25, -0.2) is 13.1 Å². The Morgan fingerprint density at radius 1 is 1.31 bits per heavy atom. The third-order valence-electron chi connectivity index (χ3n) is 2.22. The summed E-state index contributed by atoms with van der Waals surface area (Å²) in [5.74, 6) is 0. The van der Waals surface area contributed by atoms with Crippen molar-refractivity contribution in [2.75, 3.05) is 6.54 Å². The van der Waals surface area contributed by atoms with Gasteiger partial charge in [0, 0.05) is 6.54 Å². The lowest BCUT2D eigenvalue weighted by Crippen LogP contribution is -2.25. The molecule has 0 spiro atoms. The Morgan fingerprint density at radius 2 is 2.00 bits per heavy atom. The quantitative estimate of drug-likeness (QED) is 0.632. The van der Waals surface area contributed by atoms with E-state index in [0.717, 1.165) is 5.56 Å². The van der Waals surface area contributed by atoms with Gasteiger partial charge in [-0.1, -0.05) is 30.4 Å². The first-order valence-electron chi connectivity index (χ1n) is 5.24. The molecule has 0 aromatic heterocycles. The molecule has 0 fully saturated rings. The Labute approximate surface area is 97.2 Å². The van der Waals surface area contributed by atoms with Gasteiger partial charge in [0.15, 0.2) is 0 Å². The molecule has 1 aromatic rings. The molecule has 0 unspecified atom stereocenters. The molecule has 1 rings (SSSR count). The van der Waals surface area contributed by atoms with E-state index in [1.807, 2.05) is 25.1 Å². The van der Waals surface area contributed by atoms with E-state index < -0.39 is 10.0 Å². The van der Waals surface area contributed by atoms with Crippen LogP contribution in [0.25, 0.3) is 0 Å². The van der Waals surface area contributed by atoms with Crippen LogP contribution in [-0.2, 0) is 10.0 Å². The monoisotopic (exact) mass is 239 g/mol. The van der Waals surface area contributed by atoms with Crippen LogP contribution in [0.15, 0.2) is 41.3 Å². The summed E-state index contributed by atoms with van der Waals surface area (Å²) in [6.45, 7) is 4.14. The number of aryl methyl sites for hydroxylation is 1. The van der Waals surface area contributed by atoms with E-state index in [2.05, 4.69) is 4.72 Å². The lowest BCUT2D eigenvalue weighted by Gasteiger charge is -2.07. The first-order chi connectivity index (χ1) is 7.58. The van der Waals surface area contributed by atoms with E-state index in [1.54, 1.807) is 25.1 Å². The average molecular weight is 239 g/mol. The highest BCUT2D eigenvalue weighted by Crippen LogP contribution is 2.13. The molecular weight excluding hydrogens is 222 g/mol. The van der Waals surface area contributed by atoms with Gasteiger partial charge in [0.05, 0.1) is 4.90 Å². The Hall–Kier alpha value is -1.13. The summed E-state index contributed by atoms with van der Waals surface area (Å²) >= 11 is 0. The van der Waals surface area contributed by atoms with Gasteiger partial charge in [-0.05, 0) is 31.9 Å². The molecule has 0 aliphatic rings. The van der Waals surface area contributed by atoms with Gasteiger partial charge in [-0.3, -0.25) is 0 Å². The molecule has 1 aromatic carbocycles. The molecule has 0 bridgehead atoms. The normalized spacial score (nSPS) is 12.1. The molecular formula is C12H17NO2S. The molecule has 1 N–H and O–H groups in total. The average Bonchev–Trinajstić information content (AvgIpc) is 2.25. The first kappa shape index (κ1) is 12.9. The number of benzene rings is 1. The van der Waals surface area contributed by atoms with Gasteiger partial charge in [0.1, 0.15) is 0 Å². The maximum Gasteiger partial charge on any atom is 0.240 e. The standard InChI is InChI=1S/C12H17NO2S/c1-3-4-7-10-13-16(14,15)12-9-6-5-8-11(12)2/h3-6,8-9,13H,7,10H2,1-2H3/b4-3+. The highest BCUT2D eigenvalue weighted by atomic mass is 32.2. The molecule has 0 heterocycles. The molecule has 4 heteroatoms. The van der Waals surface area contributed by atoms with Crippen LogP contribution in [0, 0.1) is 6.92 Å². The highest BCUT2D eigenvalue weighted by molar-refractivity contribution is 7.89. The molecule has 0 radical (unpaired) electrons. The van der Waals surface area contributed by atoms with E-state index in [0.29, 0.717) is 17.9 Å². The second-order valence-corrected chi connectivity index (χ2v) is 5.26. The van der Waals surface area contributed by atoms with Gasteiger partial charge in [-0.2, -0.15) is 0 Å². The largest absolute Gasteiger partial charge is 0.240 e. The summed E-state index contributed by atoms with van der Waals surface area (Å²) in [4.78, 5) is 0.357. The van der Waals surface area contributed by atoms with Crippen molar-refractivity contribution in [1.29, 1.82) is 0 Å². The molecule has 88 valence electrons. The van der Waals surface area contributed by atoms with Crippen molar-refractivity contribution in [1.82, 2.24) is 4.72 Å². The number of rotatable bonds is 5.